The van der Waals surface area contributed by atoms with Gasteiger partial charge in [0.1, 0.15) is 13.2 Å². The Balaban J connectivity index is 4.23. The van der Waals surface area contributed by atoms with E-state index in [2.05, 4.69) is 32.9 Å². The number of esters is 3. The first kappa shape index (κ1) is 76.1. The molecule has 6 nitrogen and oxygen atoms in total. The van der Waals surface area contributed by atoms with Crippen LogP contribution in [-0.4, -0.2) is 37.2 Å². The number of ether oxygens (including phenoxy) is 3. The van der Waals surface area contributed by atoms with Gasteiger partial charge in [-0.05, 0) is 44.9 Å². The molecule has 0 aliphatic carbocycles. The minimum Gasteiger partial charge on any atom is -0.462 e. The lowest BCUT2D eigenvalue weighted by Gasteiger charge is -2.18. The molecule has 0 rings (SSSR count). The molecule has 0 amide bonds. The van der Waals surface area contributed by atoms with Crippen LogP contribution in [-0.2, 0) is 28.6 Å². The van der Waals surface area contributed by atoms with E-state index in [0.29, 0.717) is 19.3 Å². The third-order valence-electron chi connectivity index (χ3n) is 16.5. The highest BCUT2D eigenvalue weighted by Crippen LogP contribution is 2.19. The summed E-state index contributed by atoms with van der Waals surface area (Å²) in [6.07, 6.45) is 81.0. The Bertz CT molecular complexity index is 1210. The lowest BCUT2D eigenvalue weighted by atomic mass is 10.0. The van der Waals surface area contributed by atoms with Crippen molar-refractivity contribution in [3.05, 3.63) is 12.2 Å². The topological polar surface area (TPSA) is 78.9 Å². The molecule has 1 atom stereocenters. The van der Waals surface area contributed by atoms with Crippen molar-refractivity contribution in [1.29, 1.82) is 0 Å². The van der Waals surface area contributed by atoms with Gasteiger partial charge in [-0.2, -0.15) is 0 Å². The fourth-order valence-electron chi connectivity index (χ4n) is 11.2. The number of carbonyl (C=O) groups is 3. The highest BCUT2D eigenvalue weighted by atomic mass is 16.6. The molecular formula is C72H138O6. The SMILES string of the molecule is CCCCCCCCC/C=C\CCCCCCCC(=O)OCC(COC(=O)CCCCCCCCCCCCCCCCCCCCCCCCCCCC)OC(=O)CCCCCCCCCCCCCCCCCCCC. The average Bonchev–Trinajstić information content (AvgIpc) is 3.44. The quantitative estimate of drug-likeness (QED) is 0.0261. The van der Waals surface area contributed by atoms with Crippen LogP contribution in [0.4, 0.5) is 0 Å². The van der Waals surface area contributed by atoms with Gasteiger partial charge in [0, 0.05) is 19.3 Å². The van der Waals surface area contributed by atoms with Crippen LogP contribution in [0.1, 0.15) is 412 Å². The maximum absolute atomic E-state index is 12.9. The monoisotopic (exact) mass is 1100 g/mol. The second kappa shape index (κ2) is 67.7. The normalized spacial score (nSPS) is 12.0. The third-order valence-corrected chi connectivity index (χ3v) is 16.5. The van der Waals surface area contributed by atoms with Gasteiger partial charge >= 0.3 is 17.9 Å². The van der Waals surface area contributed by atoms with Gasteiger partial charge in [0.2, 0.25) is 0 Å². The Morgan fingerprint density at radius 1 is 0.244 bits per heavy atom. The Hall–Kier alpha value is -1.85. The number of hydrogen-bond donors (Lipinski definition) is 0. The van der Waals surface area contributed by atoms with E-state index in [1.165, 1.54) is 308 Å². The van der Waals surface area contributed by atoms with Crippen molar-refractivity contribution in [2.24, 2.45) is 0 Å². The van der Waals surface area contributed by atoms with E-state index < -0.39 is 6.10 Å². The zero-order chi connectivity index (χ0) is 56.4. The predicted molar refractivity (Wildman–Crippen MR) is 340 cm³/mol. The second-order valence-electron chi connectivity index (χ2n) is 24.5. The molecule has 1 unspecified atom stereocenters. The summed E-state index contributed by atoms with van der Waals surface area (Å²) in [5, 5.41) is 0. The van der Waals surface area contributed by atoms with Crippen LogP contribution in [0.5, 0.6) is 0 Å². The molecular weight excluding hydrogens is 961 g/mol. The molecule has 462 valence electrons. The molecule has 0 radical (unpaired) electrons. The van der Waals surface area contributed by atoms with Crippen molar-refractivity contribution in [2.75, 3.05) is 13.2 Å². The molecule has 0 aromatic heterocycles. The van der Waals surface area contributed by atoms with Crippen LogP contribution in [0.15, 0.2) is 12.2 Å². The number of carbonyl (C=O) groups excluding carboxylic acids is 3. The van der Waals surface area contributed by atoms with Gasteiger partial charge < -0.3 is 14.2 Å². The molecule has 0 spiro atoms. The number of unbranched alkanes of at least 4 members (excludes halogenated alkanes) is 54. The molecule has 0 N–H and O–H groups in total. The molecule has 0 saturated heterocycles. The highest BCUT2D eigenvalue weighted by Gasteiger charge is 2.19. The minimum atomic E-state index is -0.770. The smallest absolute Gasteiger partial charge is 0.306 e. The van der Waals surface area contributed by atoms with Crippen molar-refractivity contribution >= 4 is 17.9 Å². The summed E-state index contributed by atoms with van der Waals surface area (Å²) in [4.78, 5) is 38.4. The minimum absolute atomic E-state index is 0.0655. The zero-order valence-electron chi connectivity index (χ0n) is 53.2. The summed E-state index contributed by atoms with van der Waals surface area (Å²) >= 11 is 0. The van der Waals surface area contributed by atoms with E-state index in [9.17, 15) is 14.4 Å². The zero-order valence-corrected chi connectivity index (χ0v) is 53.2. The summed E-state index contributed by atoms with van der Waals surface area (Å²) in [6, 6.07) is 0. The van der Waals surface area contributed by atoms with E-state index in [4.69, 9.17) is 14.2 Å². The van der Waals surface area contributed by atoms with Gasteiger partial charge in [0.15, 0.2) is 6.10 Å². The van der Waals surface area contributed by atoms with E-state index in [-0.39, 0.29) is 31.1 Å². The second-order valence-corrected chi connectivity index (χ2v) is 24.5. The van der Waals surface area contributed by atoms with Crippen LogP contribution in [0, 0.1) is 0 Å². The molecule has 0 aliphatic heterocycles. The molecule has 0 bridgehead atoms. The van der Waals surface area contributed by atoms with Gasteiger partial charge in [-0.25, -0.2) is 0 Å². The highest BCUT2D eigenvalue weighted by molar-refractivity contribution is 5.71. The maximum atomic E-state index is 12.9. The Labute approximate surface area is 488 Å². The Morgan fingerprint density at radius 2 is 0.423 bits per heavy atom. The standard InChI is InChI=1S/C72H138O6/c1-4-7-10-13-16-19-22-25-28-31-33-34-35-36-37-38-39-40-42-44-47-50-53-56-59-62-65-71(74)77-68-69(67-76-70(73)64-61-58-55-52-49-46-43-30-27-24-21-18-15-12-9-6-3)78-72(75)66-63-60-57-54-51-48-45-41-32-29-26-23-20-17-14-11-8-5-2/h30,43,69H,4-29,31-42,44-68H2,1-3H3/b43-30-. The summed E-state index contributed by atoms with van der Waals surface area (Å²) < 4.78 is 17.0. The van der Waals surface area contributed by atoms with E-state index in [1.807, 2.05) is 0 Å². The third kappa shape index (κ3) is 65.0. The van der Waals surface area contributed by atoms with Crippen LogP contribution in [0.2, 0.25) is 0 Å². The summed E-state index contributed by atoms with van der Waals surface area (Å²) in [7, 11) is 0. The number of allylic oxidation sites excluding steroid dienone is 2. The largest absolute Gasteiger partial charge is 0.462 e. The van der Waals surface area contributed by atoms with Crippen LogP contribution in [0.25, 0.3) is 0 Å². The molecule has 0 saturated carbocycles. The summed E-state index contributed by atoms with van der Waals surface area (Å²) in [6.45, 7) is 6.73. The van der Waals surface area contributed by atoms with Crippen molar-refractivity contribution in [3.8, 4) is 0 Å². The number of rotatable bonds is 67. The molecule has 0 aliphatic rings. The lowest BCUT2D eigenvalue weighted by molar-refractivity contribution is -0.167. The van der Waals surface area contributed by atoms with Crippen LogP contribution >= 0.6 is 0 Å². The van der Waals surface area contributed by atoms with Gasteiger partial charge in [0.25, 0.3) is 0 Å². The molecule has 0 fully saturated rings. The molecule has 0 aromatic rings. The van der Waals surface area contributed by atoms with Gasteiger partial charge in [0.05, 0.1) is 0 Å². The van der Waals surface area contributed by atoms with Gasteiger partial charge in [-0.1, -0.05) is 360 Å². The van der Waals surface area contributed by atoms with E-state index >= 15 is 0 Å². The van der Waals surface area contributed by atoms with Gasteiger partial charge in [-0.3, -0.25) is 14.4 Å². The van der Waals surface area contributed by atoms with Gasteiger partial charge in [-0.15, -0.1) is 0 Å². The van der Waals surface area contributed by atoms with Crippen molar-refractivity contribution < 1.29 is 28.6 Å². The molecule has 0 aromatic carbocycles. The molecule has 6 heteroatoms. The fraction of sp³-hybridized carbons (Fsp3) is 0.931. The molecule has 0 heterocycles. The fourth-order valence-corrected chi connectivity index (χ4v) is 11.2. The number of hydrogen-bond acceptors (Lipinski definition) is 6. The van der Waals surface area contributed by atoms with Crippen molar-refractivity contribution in [2.45, 2.75) is 419 Å². The van der Waals surface area contributed by atoms with Crippen molar-refractivity contribution in [1.82, 2.24) is 0 Å². The van der Waals surface area contributed by atoms with Crippen molar-refractivity contribution in [3.63, 3.8) is 0 Å². The average molecular weight is 1100 g/mol. The molecule has 78 heavy (non-hydrogen) atoms. The van der Waals surface area contributed by atoms with Crippen LogP contribution < -0.4 is 0 Å². The first-order valence-electron chi connectivity index (χ1n) is 35.7. The van der Waals surface area contributed by atoms with E-state index in [1.54, 1.807) is 0 Å². The predicted octanol–water partition coefficient (Wildman–Crippen LogP) is 24.4. The lowest BCUT2D eigenvalue weighted by Crippen LogP contribution is -2.30. The Morgan fingerprint density at radius 3 is 0.641 bits per heavy atom. The Kier molecular flexibility index (Phi) is 66.0. The van der Waals surface area contributed by atoms with E-state index in [0.717, 1.165) is 64.2 Å². The van der Waals surface area contributed by atoms with Crippen LogP contribution in [0.3, 0.4) is 0 Å². The first-order valence-corrected chi connectivity index (χ1v) is 35.7. The summed E-state index contributed by atoms with van der Waals surface area (Å²) in [5.41, 5.74) is 0. The summed E-state index contributed by atoms with van der Waals surface area (Å²) in [5.74, 6) is -0.838. The first-order chi connectivity index (χ1) is 38.5. The maximum Gasteiger partial charge on any atom is 0.306 e.